The van der Waals surface area contributed by atoms with Crippen LogP contribution in [0, 0.1) is 19.3 Å². The lowest BCUT2D eigenvalue weighted by atomic mass is 10.0. The highest BCUT2D eigenvalue weighted by Crippen LogP contribution is 2.22. The van der Waals surface area contributed by atoms with Gasteiger partial charge in [-0.3, -0.25) is 5.41 Å². The molecule has 1 aromatic heterocycles. The summed E-state index contributed by atoms with van der Waals surface area (Å²) in [6, 6.07) is 25.6. The zero-order chi connectivity index (χ0) is 22.5. The van der Waals surface area contributed by atoms with E-state index in [-0.39, 0.29) is 6.04 Å². The normalized spacial score (nSPS) is 12.3. The zero-order valence-electron chi connectivity index (χ0n) is 19.0. The van der Waals surface area contributed by atoms with Crippen molar-refractivity contribution in [3.8, 4) is 0 Å². The number of nitrogens with one attached hydrogen (secondary N) is 1. The van der Waals surface area contributed by atoms with E-state index < -0.39 is 0 Å². The Morgan fingerprint density at radius 1 is 0.844 bits per heavy atom. The van der Waals surface area contributed by atoms with Crippen LogP contribution in [0.2, 0.25) is 0 Å². The quantitative estimate of drug-likeness (QED) is 0.265. The highest BCUT2D eigenvalue weighted by molar-refractivity contribution is 7.98. The zero-order valence-corrected chi connectivity index (χ0v) is 19.9. The minimum Gasteiger partial charge on any atom is -0.369 e. The number of imidazole rings is 1. The van der Waals surface area contributed by atoms with Gasteiger partial charge in [-0.05, 0) is 49.8 Å². The molecular weight excluding hydrogens is 414 g/mol. The lowest BCUT2D eigenvalue weighted by Crippen LogP contribution is -2.31. The van der Waals surface area contributed by atoms with Crippen LogP contribution in [0.5, 0.6) is 0 Å². The number of hydrogen-bond donors (Lipinski definition) is 1. The van der Waals surface area contributed by atoms with Crippen LogP contribution >= 0.6 is 11.8 Å². The highest BCUT2D eigenvalue weighted by Gasteiger charge is 2.20. The van der Waals surface area contributed by atoms with Crippen molar-refractivity contribution in [3.05, 3.63) is 101 Å². The van der Waals surface area contributed by atoms with Gasteiger partial charge >= 0.3 is 0 Å². The molecule has 4 rings (SSSR count). The largest absolute Gasteiger partial charge is 0.369 e. The van der Waals surface area contributed by atoms with Gasteiger partial charge in [0.1, 0.15) is 0 Å². The second-order valence-corrected chi connectivity index (χ2v) is 9.19. The molecule has 0 unspecified atom stereocenters. The third-order valence-corrected chi connectivity index (χ3v) is 6.25. The van der Waals surface area contributed by atoms with Crippen molar-refractivity contribution >= 4 is 22.8 Å². The van der Waals surface area contributed by atoms with Gasteiger partial charge in [-0.15, -0.1) is 11.8 Å². The average molecular weight is 446 g/mol. The van der Waals surface area contributed by atoms with E-state index in [9.17, 15) is 0 Å². The number of hydrogen-bond acceptors (Lipinski definition) is 3. The van der Waals surface area contributed by atoms with E-state index in [1.807, 2.05) is 6.26 Å². The van der Waals surface area contributed by atoms with Crippen molar-refractivity contribution < 1.29 is 4.74 Å². The molecule has 0 saturated carbocycles. The Labute approximate surface area is 194 Å². The molecule has 4 aromatic rings. The average Bonchev–Trinajstić information content (AvgIpc) is 3.07. The number of fused-ring (bicyclic) bond motifs is 1. The molecule has 1 N–H and O–H groups in total. The van der Waals surface area contributed by atoms with Crippen molar-refractivity contribution in [2.45, 2.75) is 32.9 Å². The molecule has 0 aliphatic rings. The minimum atomic E-state index is 0.0431. The van der Waals surface area contributed by atoms with Gasteiger partial charge < -0.3 is 13.9 Å². The molecule has 0 aliphatic carbocycles. The molecule has 0 fully saturated rings. The second-order valence-electron chi connectivity index (χ2n) is 8.37. The molecule has 5 heteroatoms. The molecule has 0 amide bonds. The van der Waals surface area contributed by atoms with Crippen molar-refractivity contribution in [2.24, 2.45) is 0 Å². The van der Waals surface area contributed by atoms with Gasteiger partial charge in [-0.1, -0.05) is 71.8 Å². The molecule has 0 radical (unpaired) electrons. The first-order chi connectivity index (χ1) is 15.6. The van der Waals surface area contributed by atoms with Crippen molar-refractivity contribution in [3.63, 3.8) is 0 Å². The summed E-state index contributed by atoms with van der Waals surface area (Å²) in [7, 11) is 0. The Kier molecular flexibility index (Phi) is 7.18. The second kappa shape index (κ2) is 10.2. The van der Waals surface area contributed by atoms with Gasteiger partial charge in [-0.25, -0.2) is 0 Å². The molecule has 0 bridgehead atoms. The van der Waals surface area contributed by atoms with E-state index >= 15 is 0 Å². The summed E-state index contributed by atoms with van der Waals surface area (Å²) < 4.78 is 10.3. The lowest BCUT2D eigenvalue weighted by Gasteiger charge is -2.20. The van der Waals surface area contributed by atoms with E-state index in [0.717, 1.165) is 17.5 Å². The van der Waals surface area contributed by atoms with Crippen LogP contribution in [0.1, 0.15) is 28.3 Å². The van der Waals surface area contributed by atoms with Crippen LogP contribution in [0.4, 0.5) is 0 Å². The van der Waals surface area contributed by atoms with Gasteiger partial charge in [0, 0.05) is 0 Å². The number of nitrogens with zero attached hydrogens (tertiary/aromatic N) is 2. The van der Waals surface area contributed by atoms with Gasteiger partial charge in [-0.2, -0.15) is 0 Å². The standard InChI is InChI=1S/C27H31N3OS/c1-20-8-12-22(13-9-20)16-24(18-31-19-32-3)30-26-7-5-4-6-25(26)29(27(30)28)17-23-14-10-21(2)11-15-23/h4-15,24,28H,16-19H2,1-3H3/t24-/m0/s1. The number of aryl methyl sites for hydroxylation is 2. The van der Waals surface area contributed by atoms with Gasteiger partial charge in [0.2, 0.25) is 5.62 Å². The van der Waals surface area contributed by atoms with Crippen LogP contribution in [0.25, 0.3) is 11.0 Å². The van der Waals surface area contributed by atoms with Crippen LogP contribution in [0.3, 0.4) is 0 Å². The summed E-state index contributed by atoms with van der Waals surface area (Å²) in [5.41, 5.74) is 7.63. The van der Waals surface area contributed by atoms with E-state index in [4.69, 9.17) is 10.1 Å². The third-order valence-electron chi connectivity index (χ3n) is 5.85. The monoisotopic (exact) mass is 445 g/mol. The number of benzene rings is 3. The molecule has 166 valence electrons. The first-order valence-corrected chi connectivity index (χ1v) is 12.4. The molecule has 4 nitrogen and oxygen atoms in total. The number of ether oxygens (including phenoxy) is 1. The van der Waals surface area contributed by atoms with E-state index in [1.165, 1.54) is 22.3 Å². The van der Waals surface area contributed by atoms with Crippen molar-refractivity contribution in [2.75, 3.05) is 18.8 Å². The Morgan fingerprint density at radius 3 is 2.06 bits per heavy atom. The van der Waals surface area contributed by atoms with Crippen molar-refractivity contribution in [1.82, 2.24) is 9.13 Å². The van der Waals surface area contributed by atoms with Gasteiger partial charge in [0.05, 0.1) is 36.2 Å². The number of para-hydroxylation sites is 2. The Balaban J connectivity index is 1.76. The number of aromatic nitrogens is 2. The Bertz CT molecular complexity index is 1220. The van der Waals surface area contributed by atoms with E-state index in [1.54, 1.807) is 11.8 Å². The maximum atomic E-state index is 9.14. The summed E-state index contributed by atoms with van der Waals surface area (Å²) in [4.78, 5) is 0. The maximum absolute atomic E-state index is 9.14. The fourth-order valence-electron chi connectivity index (χ4n) is 4.15. The Hall–Kier alpha value is -2.76. The van der Waals surface area contributed by atoms with Crippen LogP contribution < -0.4 is 5.62 Å². The van der Waals surface area contributed by atoms with Crippen molar-refractivity contribution in [1.29, 1.82) is 5.41 Å². The van der Waals surface area contributed by atoms with Gasteiger partial charge in [0.15, 0.2) is 0 Å². The smallest absolute Gasteiger partial charge is 0.203 e. The third kappa shape index (κ3) is 5.00. The summed E-state index contributed by atoms with van der Waals surface area (Å²) in [6.45, 7) is 5.46. The minimum absolute atomic E-state index is 0.0431. The predicted octanol–water partition coefficient (Wildman–Crippen LogP) is 5.71. The fraction of sp³-hybridized carbons (Fsp3) is 0.296. The van der Waals surface area contributed by atoms with E-state index in [2.05, 4.69) is 95.8 Å². The summed E-state index contributed by atoms with van der Waals surface area (Å²) in [6.07, 6.45) is 2.87. The molecule has 32 heavy (non-hydrogen) atoms. The topological polar surface area (TPSA) is 42.9 Å². The van der Waals surface area contributed by atoms with Crippen LogP contribution in [-0.2, 0) is 17.7 Å². The SMILES string of the molecule is CSCOC[C@H](Cc1ccc(C)cc1)n1c(=N)n(Cc2ccc(C)cc2)c2ccccc21. The molecule has 0 aliphatic heterocycles. The lowest BCUT2D eigenvalue weighted by molar-refractivity contribution is 0.141. The maximum Gasteiger partial charge on any atom is 0.203 e. The summed E-state index contributed by atoms with van der Waals surface area (Å²) in [5.74, 6) is 0.653. The molecule has 1 atom stereocenters. The summed E-state index contributed by atoms with van der Waals surface area (Å²) >= 11 is 1.68. The number of thioether (sulfide) groups is 1. The van der Waals surface area contributed by atoms with Crippen LogP contribution in [-0.4, -0.2) is 27.9 Å². The predicted molar refractivity (Wildman–Crippen MR) is 134 cm³/mol. The van der Waals surface area contributed by atoms with Gasteiger partial charge in [0.25, 0.3) is 0 Å². The number of rotatable bonds is 9. The molecule has 1 heterocycles. The fourth-order valence-corrected chi connectivity index (χ4v) is 4.41. The molecular formula is C27H31N3OS. The van der Waals surface area contributed by atoms with Crippen LogP contribution in [0.15, 0.2) is 72.8 Å². The molecule has 3 aromatic carbocycles. The first kappa shape index (κ1) is 22.4. The molecule has 0 spiro atoms. The van der Waals surface area contributed by atoms with E-state index in [0.29, 0.717) is 24.7 Å². The summed E-state index contributed by atoms with van der Waals surface area (Å²) in [5, 5.41) is 9.14. The Morgan fingerprint density at radius 2 is 1.44 bits per heavy atom. The molecule has 0 saturated heterocycles. The highest BCUT2D eigenvalue weighted by atomic mass is 32.2. The first-order valence-electron chi connectivity index (χ1n) is 11.0.